The molecule has 2 aromatic carbocycles. The predicted molar refractivity (Wildman–Crippen MR) is 123 cm³/mol. The van der Waals surface area contributed by atoms with Crippen LogP contribution in [0.2, 0.25) is 0 Å². The van der Waals surface area contributed by atoms with Crippen LogP contribution in [0.1, 0.15) is 50.1 Å². The first-order valence-corrected chi connectivity index (χ1v) is 10.8. The molecule has 4 rings (SSSR count). The van der Waals surface area contributed by atoms with Gasteiger partial charge in [-0.15, -0.1) is 0 Å². The Morgan fingerprint density at radius 1 is 1.06 bits per heavy atom. The van der Waals surface area contributed by atoms with Crippen molar-refractivity contribution in [3.05, 3.63) is 76.3 Å². The third kappa shape index (κ3) is 5.20. The molecule has 31 heavy (non-hydrogen) atoms. The first-order valence-electron chi connectivity index (χ1n) is 10.8. The molecule has 6 nitrogen and oxygen atoms in total. The summed E-state index contributed by atoms with van der Waals surface area (Å²) in [6, 6.07) is 15.3. The molecule has 1 aliphatic heterocycles. The van der Waals surface area contributed by atoms with Crippen molar-refractivity contribution in [1.29, 1.82) is 0 Å². The van der Waals surface area contributed by atoms with Gasteiger partial charge in [0, 0.05) is 24.9 Å². The zero-order valence-corrected chi connectivity index (χ0v) is 17.7. The lowest BCUT2D eigenvalue weighted by atomic mass is 10.1. The van der Waals surface area contributed by atoms with Crippen molar-refractivity contribution in [2.45, 2.75) is 38.7 Å². The van der Waals surface area contributed by atoms with Crippen molar-refractivity contribution < 1.29 is 9.53 Å². The van der Waals surface area contributed by atoms with Gasteiger partial charge in [0.25, 0.3) is 5.56 Å². The Balaban J connectivity index is 1.38. The number of anilines is 1. The van der Waals surface area contributed by atoms with Crippen molar-refractivity contribution >= 4 is 28.6 Å². The van der Waals surface area contributed by atoms with E-state index in [9.17, 15) is 9.59 Å². The summed E-state index contributed by atoms with van der Waals surface area (Å²) in [7, 11) is 0. The fraction of sp³-hybridized carbons (Fsp3) is 0.320. The summed E-state index contributed by atoms with van der Waals surface area (Å²) >= 11 is 0. The van der Waals surface area contributed by atoms with Gasteiger partial charge >= 0.3 is 5.97 Å². The Labute approximate surface area is 181 Å². The number of benzene rings is 2. The first kappa shape index (κ1) is 20.8. The molecule has 0 aliphatic carbocycles. The summed E-state index contributed by atoms with van der Waals surface area (Å²) in [5, 5.41) is 0.508. The molecular formula is C25H27N3O3. The minimum atomic E-state index is -0.667. The van der Waals surface area contributed by atoms with E-state index in [1.165, 1.54) is 37.4 Å². The second kappa shape index (κ2) is 9.60. The summed E-state index contributed by atoms with van der Waals surface area (Å²) < 4.78 is 5.43. The average Bonchev–Trinajstić information content (AvgIpc) is 3.08. The Morgan fingerprint density at radius 2 is 1.77 bits per heavy atom. The van der Waals surface area contributed by atoms with Crippen molar-refractivity contribution in [3.8, 4) is 0 Å². The number of hydrogen-bond acceptors (Lipinski definition) is 5. The van der Waals surface area contributed by atoms with Crippen molar-refractivity contribution in [3.63, 3.8) is 0 Å². The van der Waals surface area contributed by atoms with E-state index >= 15 is 0 Å². The smallest absolute Gasteiger partial charge is 0.331 e. The highest BCUT2D eigenvalue weighted by atomic mass is 16.5. The molecule has 1 atom stereocenters. The lowest BCUT2D eigenvalue weighted by Crippen LogP contribution is -2.23. The van der Waals surface area contributed by atoms with Crippen LogP contribution in [0.3, 0.4) is 0 Å². The molecule has 1 saturated heterocycles. The van der Waals surface area contributed by atoms with E-state index in [0.717, 1.165) is 18.7 Å². The van der Waals surface area contributed by atoms with Crippen molar-refractivity contribution in [2.75, 3.05) is 18.0 Å². The minimum absolute atomic E-state index is 0.247. The molecule has 2 heterocycles. The van der Waals surface area contributed by atoms with Gasteiger partial charge in [0.15, 0.2) is 11.9 Å². The summed E-state index contributed by atoms with van der Waals surface area (Å²) in [6.45, 7) is 3.89. The maximum atomic E-state index is 12.3. The van der Waals surface area contributed by atoms with Gasteiger partial charge in [-0.3, -0.25) is 4.79 Å². The highest BCUT2D eigenvalue weighted by molar-refractivity contribution is 5.87. The molecule has 0 bridgehead atoms. The Morgan fingerprint density at radius 3 is 2.52 bits per heavy atom. The van der Waals surface area contributed by atoms with Crippen LogP contribution in [-0.2, 0) is 9.53 Å². The third-order valence-corrected chi connectivity index (χ3v) is 5.59. The van der Waals surface area contributed by atoms with Gasteiger partial charge in [-0.05, 0) is 55.7 Å². The molecule has 6 heteroatoms. The van der Waals surface area contributed by atoms with E-state index in [-0.39, 0.29) is 5.56 Å². The Bertz CT molecular complexity index is 1130. The van der Waals surface area contributed by atoms with E-state index in [1.807, 2.05) is 18.2 Å². The number of carbonyl (C=O) groups excluding carboxylic acids is 1. The SMILES string of the molecule is C[C@H](OC(=O)/C=C/c1ccc(N2CCCCCC2)cc1)c1nc2ccccc2c(=O)[nH]1. The lowest BCUT2D eigenvalue weighted by molar-refractivity contribution is -0.142. The van der Waals surface area contributed by atoms with E-state index in [0.29, 0.717) is 16.7 Å². The first-order chi connectivity index (χ1) is 15.1. The van der Waals surface area contributed by atoms with E-state index < -0.39 is 12.1 Å². The van der Waals surface area contributed by atoms with Crippen LogP contribution in [0.15, 0.2) is 59.4 Å². The molecular weight excluding hydrogens is 390 g/mol. The predicted octanol–water partition coefficient (Wildman–Crippen LogP) is 4.62. The number of aromatic amines is 1. The number of H-pyrrole nitrogens is 1. The van der Waals surface area contributed by atoms with Crippen LogP contribution < -0.4 is 10.5 Å². The number of para-hydroxylation sites is 1. The fourth-order valence-corrected chi connectivity index (χ4v) is 3.86. The van der Waals surface area contributed by atoms with Crippen LogP contribution in [-0.4, -0.2) is 29.0 Å². The quantitative estimate of drug-likeness (QED) is 0.484. The molecule has 0 saturated carbocycles. The summed E-state index contributed by atoms with van der Waals surface area (Å²) in [6.07, 6.45) is 7.56. The van der Waals surface area contributed by atoms with Gasteiger partial charge in [-0.2, -0.15) is 0 Å². The number of ether oxygens (including phenoxy) is 1. The lowest BCUT2D eigenvalue weighted by Gasteiger charge is -2.22. The van der Waals surface area contributed by atoms with Crippen LogP contribution in [0.5, 0.6) is 0 Å². The second-order valence-electron chi connectivity index (χ2n) is 7.87. The summed E-state index contributed by atoms with van der Waals surface area (Å²) in [4.78, 5) is 34.0. The molecule has 0 spiro atoms. The summed E-state index contributed by atoms with van der Waals surface area (Å²) in [5.41, 5.74) is 2.48. The Kier molecular flexibility index (Phi) is 6.46. The van der Waals surface area contributed by atoms with Gasteiger partial charge in [0.05, 0.1) is 10.9 Å². The number of nitrogens with one attached hydrogen (secondary N) is 1. The molecule has 160 valence electrons. The normalized spacial score (nSPS) is 15.7. The molecule has 1 N–H and O–H groups in total. The molecule has 1 aromatic heterocycles. The van der Waals surface area contributed by atoms with Crippen LogP contribution in [0.4, 0.5) is 5.69 Å². The number of aromatic nitrogens is 2. The number of carbonyl (C=O) groups is 1. The van der Waals surface area contributed by atoms with Crippen LogP contribution >= 0.6 is 0 Å². The monoisotopic (exact) mass is 417 g/mol. The molecule has 0 radical (unpaired) electrons. The number of rotatable bonds is 5. The molecule has 0 amide bonds. The van der Waals surface area contributed by atoms with E-state index in [4.69, 9.17) is 4.74 Å². The zero-order valence-electron chi connectivity index (χ0n) is 17.7. The highest BCUT2D eigenvalue weighted by Crippen LogP contribution is 2.21. The van der Waals surface area contributed by atoms with Gasteiger partial charge in [0.2, 0.25) is 0 Å². The molecule has 1 fully saturated rings. The number of fused-ring (bicyclic) bond motifs is 1. The second-order valence-corrected chi connectivity index (χ2v) is 7.87. The molecule has 3 aromatic rings. The van der Waals surface area contributed by atoms with E-state index in [1.54, 1.807) is 31.2 Å². The topological polar surface area (TPSA) is 75.3 Å². The minimum Gasteiger partial charge on any atom is -0.451 e. The zero-order chi connectivity index (χ0) is 21.6. The summed E-state index contributed by atoms with van der Waals surface area (Å²) in [5.74, 6) is -0.160. The number of hydrogen-bond donors (Lipinski definition) is 1. The fourth-order valence-electron chi connectivity index (χ4n) is 3.86. The van der Waals surface area contributed by atoms with Gasteiger partial charge < -0.3 is 14.6 Å². The van der Waals surface area contributed by atoms with E-state index in [2.05, 4.69) is 27.0 Å². The van der Waals surface area contributed by atoms with Gasteiger partial charge in [-0.1, -0.05) is 37.1 Å². The van der Waals surface area contributed by atoms with Crippen molar-refractivity contribution in [1.82, 2.24) is 9.97 Å². The third-order valence-electron chi connectivity index (χ3n) is 5.59. The molecule has 1 aliphatic rings. The maximum absolute atomic E-state index is 12.3. The highest BCUT2D eigenvalue weighted by Gasteiger charge is 2.14. The van der Waals surface area contributed by atoms with Gasteiger partial charge in [-0.25, -0.2) is 9.78 Å². The number of nitrogens with zero attached hydrogens (tertiary/aromatic N) is 2. The van der Waals surface area contributed by atoms with Gasteiger partial charge in [0.1, 0.15) is 0 Å². The van der Waals surface area contributed by atoms with Crippen LogP contribution in [0.25, 0.3) is 17.0 Å². The largest absolute Gasteiger partial charge is 0.451 e. The molecule has 0 unspecified atom stereocenters. The Hall–Kier alpha value is -3.41. The standard InChI is InChI=1S/C25H27N3O3/c1-18(24-26-22-9-5-4-8-21(22)25(30)27-24)31-23(29)15-12-19-10-13-20(14-11-19)28-16-6-2-3-7-17-28/h4-5,8-15,18H,2-3,6-7,16-17H2,1H3,(H,26,27,30)/b15-12+/t18-/m0/s1. The average molecular weight is 418 g/mol. The maximum Gasteiger partial charge on any atom is 0.331 e. The number of esters is 1. The van der Waals surface area contributed by atoms with Crippen molar-refractivity contribution in [2.24, 2.45) is 0 Å². The van der Waals surface area contributed by atoms with Crippen LogP contribution in [0, 0.1) is 0 Å².